The zero-order chi connectivity index (χ0) is 15.4. The van der Waals surface area contributed by atoms with Crippen molar-refractivity contribution in [1.29, 1.82) is 0 Å². The van der Waals surface area contributed by atoms with Gasteiger partial charge in [-0.15, -0.1) is 5.11 Å². The minimum absolute atomic E-state index is 0.0300. The summed E-state index contributed by atoms with van der Waals surface area (Å²) in [5.41, 5.74) is -0.0970. The lowest BCUT2D eigenvalue weighted by Gasteiger charge is -2.14. The molecule has 1 atom stereocenters. The summed E-state index contributed by atoms with van der Waals surface area (Å²) < 4.78 is 0. The Bertz CT molecular complexity index is 631. The Morgan fingerprint density at radius 1 is 1.52 bits per heavy atom. The van der Waals surface area contributed by atoms with Gasteiger partial charge in [0, 0.05) is 18.0 Å². The molecule has 1 amide bonds. The van der Waals surface area contributed by atoms with Crippen LogP contribution in [-0.2, 0) is 4.79 Å². The first kappa shape index (κ1) is 15.1. The van der Waals surface area contributed by atoms with Crippen molar-refractivity contribution in [1.82, 2.24) is 0 Å². The summed E-state index contributed by atoms with van der Waals surface area (Å²) in [6, 6.07) is 5.23. The molecule has 0 spiro atoms. The standard InChI is InChI=1S/C12H12N4O4S/c1-21-7-9-8(12(17)14-13-9)6-15(18)10-4-2-3-5-11(10)16(19)20/h2-6,9,18H,7H2,1H3. The number of anilines is 1. The third kappa shape index (κ3) is 3.26. The highest BCUT2D eigenvalue weighted by Crippen LogP contribution is 2.28. The van der Waals surface area contributed by atoms with Gasteiger partial charge in [0.1, 0.15) is 11.7 Å². The van der Waals surface area contributed by atoms with Gasteiger partial charge in [0.2, 0.25) is 0 Å². The fourth-order valence-corrected chi connectivity index (χ4v) is 2.38. The van der Waals surface area contributed by atoms with Gasteiger partial charge in [-0.2, -0.15) is 16.9 Å². The maximum Gasteiger partial charge on any atom is 0.295 e. The molecule has 0 bridgehead atoms. The fraction of sp³-hybridized carbons (Fsp3) is 0.250. The van der Waals surface area contributed by atoms with Crippen molar-refractivity contribution >= 4 is 29.0 Å². The van der Waals surface area contributed by atoms with Crippen molar-refractivity contribution in [3.05, 3.63) is 46.2 Å². The minimum atomic E-state index is -0.609. The van der Waals surface area contributed by atoms with E-state index in [0.717, 1.165) is 6.20 Å². The molecule has 1 heterocycles. The summed E-state index contributed by atoms with van der Waals surface area (Å²) in [5.74, 6) is -0.0158. The van der Waals surface area contributed by atoms with Crippen LogP contribution in [0.25, 0.3) is 0 Å². The van der Waals surface area contributed by atoms with E-state index in [9.17, 15) is 20.1 Å². The molecule has 0 aromatic heterocycles. The van der Waals surface area contributed by atoms with Gasteiger partial charge < -0.3 is 0 Å². The molecule has 0 aliphatic carbocycles. The second-order valence-corrected chi connectivity index (χ2v) is 5.08. The maximum atomic E-state index is 11.6. The van der Waals surface area contributed by atoms with Gasteiger partial charge >= 0.3 is 0 Å². The number of nitro groups is 1. The third-order valence-corrected chi connectivity index (χ3v) is 3.45. The quantitative estimate of drug-likeness (QED) is 0.508. The summed E-state index contributed by atoms with van der Waals surface area (Å²) in [7, 11) is 0. The van der Waals surface area contributed by atoms with Gasteiger partial charge in [0.25, 0.3) is 11.6 Å². The Labute approximate surface area is 124 Å². The molecule has 1 aromatic rings. The first-order valence-corrected chi connectivity index (χ1v) is 7.31. The van der Waals surface area contributed by atoms with Gasteiger partial charge in [-0.1, -0.05) is 12.1 Å². The van der Waals surface area contributed by atoms with Crippen molar-refractivity contribution in [3.63, 3.8) is 0 Å². The van der Waals surface area contributed by atoms with Crippen LogP contribution in [0.5, 0.6) is 0 Å². The van der Waals surface area contributed by atoms with Gasteiger partial charge in [-0.3, -0.25) is 20.1 Å². The molecule has 1 aliphatic heterocycles. The van der Waals surface area contributed by atoms with E-state index >= 15 is 0 Å². The zero-order valence-corrected chi connectivity index (χ0v) is 11.9. The number of hydrogen-bond acceptors (Lipinski definition) is 7. The lowest BCUT2D eigenvalue weighted by atomic mass is 10.1. The van der Waals surface area contributed by atoms with Crippen LogP contribution in [0.4, 0.5) is 11.4 Å². The summed E-state index contributed by atoms with van der Waals surface area (Å²) in [6.07, 6.45) is 2.99. The molecule has 9 heteroatoms. The highest BCUT2D eigenvalue weighted by molar-refractivity contribution is 7.98. The topological polar surface area (TPSA) is 108 Å². The van der Waals surface area contributed by atoms with Crippen LogP contribution in [0.2, 0.25) is 0 Å². The zero-order valence-electron chi connectivity index (χ0n) is 11.0. The lowest BCUT2D eigenvalue weighted by molar-refractivity contribution is -0.384. The fourth-order valence-electron chi connectivity index (χ4n) is 1.82. The minimum Gasteiger partial charge on any atom is -0.284 e. The number of thioether (sulfide) groups is 1. The molecule has 0 saturated heterocycles. The Morgan fingerprint density at radius 3 is 2.90 bits per heavy atom. The number of carbonyl (C=O) groups excluding carboxylic acids is 1. The molecule has 8 nitrogen and oxygen atoms in total. The number of carbonyl (C=O) groups is 1. The molecule has 0 radical (unpaired) electrons. The lowest BCUT2D eigenvalue weighted by Crippen LogP contribution is -2.18. The Kier molecular flexibility index (Phi) is 4.66. The van der Waals surface area contributed by atoms with Crippen LogP contribution in [0.1, 0.15) is 0 Å². The smallest absolute Gasteiger partial charge is 0.284 e. The summed E-state index contributed by atoms with van der Waals surface area (Å²) in [4.78, 5) is 22.0. The predicted octanol–water partition coefficient (Wildman–Crippen LogP) is 2.40. The number of hydrogen-bond donors (Lipinski definition) is 1. The number of nitro benzene ring substituents is 1. The van der Waals surface area contributed by atoms with E-state index in [4.69, 9.17) is 0 Å². The molecule has 0 fully saturated rings. The number of benzene rings is 1. The maximum absolute atomic E-state index is 11.6. The van der Waals surface area contributed by atoms with E-state index < -0.39 is 16.9 Å². The van der Waals surface area contributed by atoms with E-state index in [0.29, 0.717) is 10.8 Å². The molecular weight excluding hydrogens is 296 g/mol. The Morgan fingerprint density at radius 2 is 2.24 bits per heavy atom. The molecule has 21 heavy (non-hydrogen) atoms. The van der Waals surface area contributed by atoms with E-state index in [1.807, 2.05) is 6.26 Å². The van der Waals surface area contributed by atoms with Crippen LogP contribution in [0, 0.1) is 10.1 Å². The number of nitrogens with zero attached hydrogens (tertiary/aromatic N) is 4. The molecular formula is C12H12N4O4S. The molecule has 1 unspecified atom stereocenters. The number of rotatable bonds is 5. The second kappa shape index (κ2) is 6.46. The van der Waals surface area contributed by atoms with Gasteiger partial charge in [-0.25, -0.2) is 5.06 Å². The van der Waals surface area contributed by atoms with Crippen LogP contribution < -0.4 is 5.06 Å². The normalized spacial score (nSPS) is 19.2. The van der Waals surface area contributed by atoms with Gasteiger partial charge in [0.05, 0.1) is 10.5 Å². The van der Waals surface area contributed by atoms with Crippen molar-refractivity contribution < 1.29 is 14.9 Å². The number of para-hydroxylation sites is 2. The van der Waals surface area contributed by atoms with Crippen LogP contribution in [0.3, 0.4) is 0 Å². The average molecular weight is 308 g/mol. The number of amides is 1. The predicted molar refractivity (Wildman–Crippen MR) is 77.5 cm³/mol. The Balaban J connectivity index is 2.32. The summed E-state index contributed by atoms with van der Waals surface area (Å²) >= 11 is 1.48. The van der Waals surface area contributed by atoms with Crippen molar-refractivity contribution in [3.8, 4) is 0 Å². The second-order valence-electron chi connectivity index (χ2n) is 4.17. The van der Waals surface area contributed by atoms with Crippen molar-refractivity contribution in [2.24, 2.45) is 10.2 Å². The molecule has 1 N–H and O–H groups in total. The van der Waals surface area contributed by atoms with E-state index in [1.54, 1.807) is 6.07 Å². The molecule has 1 aliphatic rings. The molecule has 0 saturated carbocycles. The van der Waals surface area contributed by atoms with E-state index in [-0.39, 0.29) is 16.9 Å². The SMILES string of the molecule is CSCC1N=NC(=O)C1=CN(O)c1ccccc1[N+](=O)[O-]. The summed E-state index contributed by atoms with van der Waals surface area (Å²) in [5, 5.41) is 28.8. The first-order valence-electron chi connectivity index (χ1n) is 5.92. The van der Waals surface area contributed by atoms with E-state index in [2.05, 4.69) is 10.2 Å². The van der Waals surface area contributed by atoms with E-state index in [1.165, 1.54) is 30.0 Å². The first-order chi connectivity index (χ1) is 10.0. The molecule has 1 aromatic carbocycles. The van der Waals surface area contributed by atoms with Crippen molar-refractivity contribution in [2.45, 2.75) is 6.04 Å². The largest absolute Gasteiger partial charge is 0.295 e. The van der Waals surface area contributed by atoms with Gasteiger partial charge in [-0.05, 0) is 12.3 Å². The van der Waals surface area contributed by atoms with Crippen LogP contribution >= 0.6 is 11.8 Å². The molecule has 2 rings (SSSR count). The Hall–Kier alpha value is -2.26. The molecule has 110 valence electrons. The number of azo groups is 1. The van der Waals surface area contributed by atoms with Crippen LogP contribution in [-0.4, -0.2) is 34.1 Å². The highest BCUT2D eigenvalue weighted by atomic mass is 32.2. The van der Waals surface area contributed by atoms with Crippen LogP contribution in [0.15, 0.2) is 46.3 Å². The van der Waals surface area contributed by atoms with Crippen molar-refractivity contribution in [2.75, 3.05) is 17.1 Å². The summed E-state index contributed by atoms with van der Waals surface area (Å²) in [6.45, 7) is 0. The van der Waals surface area contributed by atoms with Gasteiger partial charge in [0.15, 0.2) is 0 Å². The monoisotopic (exact) mass is 308 g/mol. The average Bonchev–Trinajstić information content (AvgIpc) is 2.80. The third-order valence-electron chi connectivity index (χ3n) is 2.81. The highest BCUT2D eigenvalue weighted by Gasteiger charge is 2.28. The number of hydroxylamine groups is 1.